The summed E-state index contributed by atoms with van der Waals surface area (Å²) in [7, 11) is 0. The maximum Gasteiger partial charge on any atom is 0.136 e. The standard InChI is InChI=1S/C15H16ClN/c16-15-13-9-5-4-8-12(13)14(10-17-15)11-6-2-1-3-7-11/h4-5,8-11H,1-3,6-7H2. The smallest absolute Gasteiger partial charge is 0.136 e. The van der Waals surface area contributed by atoms with Crippen LogP contribution in [0.15, 0.2) is 30.5 Å². The first kappa shape index (κ1) is 11.0. The Morgan fingerprint density at radius 3 is 2.47 bits per heavy atom. The van der Waals surface area contributed by atoms with Gasteiger partial charge in [0.2, 0.25) is 0 Å². The molecule has 0 atom stereocenters. The highest BCUT2D eigenvalue weighted by molar-refractivity contribution is 6.34. The number of aromatic nitrogens is 1. The van der Waals surface area contributed by atoms with Crippen LogP contribution >= 0.6 is 11.6 Å². The first-order valence-corrected chi connectivity index (χ1v) is 6.77. The van der Waals surface area contributed by atoms with E-state index < -0.39 is 0 Å². The summed E-state index contributed by atoms with van der Waals surface area (Å²) in [6.07, 6.45) is 8.67. The fourth-order valence-electron chi connectivity index (χ4n) is 2.92. The van der Waals surface area contributed by atoms with Crippen LogP contribution in [0.3, 0.4) is 0 Å². The lowest BCUT2D eigenvalue weighted by atomic mass is 9.83. The molecule has 1 aliphatic carbocycles. The average Bonchev–Trinajstić information content (AvgIpc) is 2.41. The Morgan fingerprint density at radius 1 is 1.00 bits per heavy atom. The number of halogens is 1. The normalized spacial score (nSPS) is 17.5. The van der Waals surface area contributed by atoms with Crippen molar-refractivity contribution in [1.29, 1.82) is 0 Å². The van der Waals surface area contributed by atoms with Crippen molar-refractivity contribution >= 4 is 22.4 Å². The lowest BCUT2D eigenvalue weighted by molar-refractivity contribution is 0.445. The van der Waals surface area contributed by atoms with Crippen molar-refractivity contribution in [2.45, 2.75) is 38.0 Å². The monoisotopic (exact) mass is 245 g/mol. The van der Waals surface area contributed by atoms with Crippen molar-refractivity contribution in [2.75, 3.05) is 0 Å². The van der Waals surface area contributed by atoms with Crippen molar-refractivity contribution in [2.24, 2.45) is 0 Å². The molecule has 0 N–H and O–H groups in total. The topological polar surface area (TPSA) is 12.9 Å². The third-order valence-corrected chi connectivity index (χ3v) is 4.12. The molecule has 0 bridgehead atoms. The van der Waals surface area contributed by atoms with E-state index in [4.69, 9.17) is 11.6 Å². The summed E-state index contributed by atoms with van der Waals surface area (Å²) in [5.41, 5.74) is 1.39. The summed E-state index contributed by atoms with van der Waals surface area (Å²) in [6, 6.07) is 8.36. The van der Waals surface area contributed by atoms with Gasteiger partial charge < -0.3 is 0 Å². The fraction of sp³-hybridized carbons (Fsp3) is 0.400. The van der Waals surface area contributed by atoms with E-state index in [1.807, 2.05) is 12.3 Å². The minimum atomic E-state index is 0.625. The van der Waals surface area contributed by atoms with Gasteiger partial charge in [0, 0.05) is 11.6 Å². The van der Waals surface area contributed by atoms with Crippen LogP contribution in [0.25, 0.3) is 10.8 Å². The second kappa shape index (κ2) is 4.66. The van der Waals surface area contributed by atoms with Crippen molar-refractivity contribution in [3.8, 4) is 0 Å². The number of hydrogen-bond acceptors (Lipinski definition) is 1. The zero-order valence-corrected chi connectivity index (χ0v) is 10.6. The lowest BCUT2D eigenvalue weighted by Gasteiger charge is -2.23. The molecule has 1 heterocycles. The Bertz CT molecular complexity index is 529. The molecule has 0 radical (unpaired) electrons. The van der Waals surface area contributed by atoms with Crippen LogP contribution in [-0.4, -0.2) is 4.98 Å². The van der Waals surface area contributed by atoms with Gasteiger partial charge in [0.15, 0.2) is 0 Å². The van der Waals surface area contributed by atoms with E-state index in [-0.39, 0.29) is 0 Å². The summed E-state index contributed by atoms with van der Waals surface area (Å²) < 4.78 is 0. The number of nitrogens with zero attached hydrogens (tertiary/aromatic N) is 1. The summed E-state index contributed by atoms with van der Waals surface area (Å²) in [4.78, 5) is 4.35. The number of pyridine rings is 1. The molecular formula is C15H16ClN. The molecule has 17 heavy (non-hydrogen) atoms. The second-order valence-corrected chi connectivity index (χ2v) is 5.24. The Morgan fingerprint density at radius 2 is 1.71 bits per heavy atom. The van der Waals surface area contributed by atoms with Gasteiger partial charge in [0.25, 0.3) is 0 Å². The number of hydrogen-bond donors (Lipinski definition) is 0. The minimum absolute atomic E-state index is 0.625. The van der Waals surface area contributed by atoms with Crippen molar-refractivity contribution < 1.29 is 0 Å². The first-order valence-electron chi connectivity index (χ1n) is 6.39. The third-order valence-electron chi connectivity index (χ3n) is 3.82. The van der Waals surface area contributed by atoms with Crippen molar-refractivity contribution in [3.63, 3.8) is 0 Å². The van der Waals surface area contributed by atoms with Gasteiger partial charge in [-0.25, -0.2) is 4.98 Å². The van der Waals surface area contributed by atoms with E-state index in [0.717, 1.165) is 5.39 Å². The highest BCUT2D eigenvalue weighted by Crippen LogP contribution is 2.37. The van der Waals surface area contributed by atoms with Crippen molar-refractivity contribution in [1.82, 2.24) is 4.98 Å². The Hall–Kier alpha value is -1.08. The highest BCUT2D eigenvalue weighted by atomic mass is 35.5. The SMILES string of the molecule is Clc1ncc(C2CCCCC2)c2ccccc12. The third kappa shape index (κ3) is 2.04. The molecule has 3 rings (SSSR count). The van der Waals surface area contributed by atoms with Gasteiger partial charge in [0.05, 0.1) is 0 Å². The molecule has 0 aliphatic heterocycles. The quantitative estimate of drug-likeness (QED) is 0.649. The second-order valence-electron chi connectivity index (χ2n) is 4.88. The zero-order chi connectivity index (χ0) is 11.7. The molecule has 0 saturated heterocycles. The highest BCUT2D eigenvalue weighted by Gasteiger charge is 2.18. The summed E-state index contributed by atoms with van der Waals surface area (Å²) in [5.74, 6) is 0.679. The molecule has 2 heteroatoms. The molecule has 1 aromatic heterocycles. The van der Waals surface area contributed by atoms with Crippen LogP contribution in [0, 0.1) is 0 Å². The van der Waals surface area contributed by atoms with Crippen LogP contribution in [0.4, 0.5) is 0 Å². The minimum Gasteiger partial charge on any atom is -0.244 e. The maximum atomic E-state index is 6.16. The van der Waals surface area contributed by atoms with E-state index in [2.05, 4.69) is 23.2 Å². The number of fused-ring (bicyclic) bond motifs is 1. The molecule has 0 unspecified atom stereocenters. The van der Waals surface area contributed by atoms with Gasteiger partial charge in [-0.1, -0.05) is 55.1 Å². The number of rotatable bonds is 1. The zero-order valence-electron chi connectivity index (χ0n) is 9.82. The van der Waals surface area contributed by atoms with Crippen LogP contribution in [0.1, 0.15) is 43.6 Å². The van der Waals surface area contributed by atoms with E-state index >= 15 is 0 Å². The number of benzene rings is 1. The Balaban J connectivity index is 2.12. The van der Waals surface area contributed by atoms with E-state index in [1.54, 1.807) is 0 Å². The van der Waals surface area contributed by atoms with Gasteiger partial charge in [-0.15, -0.1) is 0 Å². The molecule has 1 saturated carbocycles. The van der Waals surface area contributed by atoms with Gasteiger partial charge in [-0.05, 0) is 29.7 Å². The molecule has 88 valence electrons. The van der Waals surface area contributed by atoms with Gasteiger partial charge >= 0.3 is 0 Å². The molecule has 2 aromatic rings. The van der Waals surface area contributed by atoms with Crippen LogP contribution in [-0.2, 0) is 0 Å². The van der Waals surface area contributed by atoms with Crippen molar-refractivity contribution in [3.05, 3.63) is 41.2 Å². The molecule has 0 amide bonds. The summed E-state index contributed by atoms with van der Waals surface area (Å²) >= 11 is 6.16. The van der Waals surface area contributed by atoms with Crippen LogP contribution in [0.5, 0.6) is 0 Å². The molecular weight excluding hydrogens is 230 g/mol. The largest absolute Gasteiger partial charge is 0.244 e. The Labute approximate surface area is 107 Å². The van der Waals surface area contributed by atoms with Crippen LogP contribution in [0.2, 0.25) is 5.15 Å². The average molecular weight is 246 g/mol. The molecule has 1 aliphatic rings. The predicted octanol–water partition coefficient (Wildman–Crippen LogP) is 4.94. The predicted molar refractivity (Wildman–Crippen MR) is 72.6 cm³/mol. The first-order chi connectivity index (χ1) is 8.36. The molecule has 1 aromatic carbocycles. The fourth-order valence-corrected chi connectivity index (χ4v) is 3.13. The molecule has 1 nitrogen and oxygen atoms in total. The van der Waals surface area contributed by atoms with Gasteiger partial charge in [-0.2, -0.15) is 0 Å². The van der Waals surface area contributed by atoms with Gasteiger partial charge in [0.1, 0.15) is 5.15 Å². The maximum absolute atomic E-state index is 6.16. The molecule has 1 fully saturated rings. The van der Waals surface area contributed by atoms with E-state index in [9.17, 15) is 0 Å². The van der Waals surface area contributed by atoms with E-state index in [1.165, 1.54) is 43.1 Å². The Kier molecular flexibility index (Phi) is 3.02. The molecule has 0 spiro atoms. The lowest BCUT2D eigenvalue weighted by Crippen LogP contribution is -2.05. The van der Waals surface area contributed by atoms with Crippen LogP contribution < -0.4 is 0 Å². The summed E-state index contributed by atoms with van der Waals surface area (Å²) in [6.45, 7) is 0. The van der Waals surface area contributed by atoms with Gasteiger partial charge in [-0.3, -0.25) is 0 Å². The summed E-state index contributed by atoms with van der Waals surface area (Å²) in [5, 5.41) is 3.01. The van der Waals surface area contributed by atoms with E-state index in [0.29, 0.717) is 11.1 Å².